The number of carbonyl (C=O) groups is 1. The highest BCUT2D eigenvalue weighted by Crippen LogP contribution is 2.49. The van der Waals surface area contributed by atoms with E-state index in [1.54, 1.807) is 6.92 Å². The molecular weight excluding hydrogens is 401 g/mol. The summed E-state index contributed by atoms with van der Waals surface area (Å²) in [4.78, 5) is 16.5. The number of halogens is 3. The third-order valence-corrected chi connectivity index (χ3v) is 7.17. The van der Waals surface area contributed by atoms with E-state index in [1.165, 1.54) is 16.9 Å². The lowest BCUT2D eigenvalue weighted by atomic mass is 9.63. The molecule has 1 aliphatic heterocycles. The molecule has 0 N–H and O–H groups in total. The number of benzene rings is 1. The Kier molecular flexibility index (Phi) is 7.09. The number of nitrogens with zero attached hydrogens (tertiary/aromatic N) is 2. The molecule has 0 aromatic heterocycles. The van der Waals surface area contributed by atoms with Crippen LogP contribution in [0.25, 0.3) is 0 Å². The number of hydrogen-bond acceptors (Lipinski definition) is 2. The minimum Gasteiger partial charge on any atom is -0.336 e. The zero-order valence-corrected chi connectivity index (χ0v) is 19.4. The summed E-state index contributed by atoms with van der Waals surface area (Å²) in [6.07, 6.45) is -0.875. The van der Waals surface area contributed by atoms with Gasteiger partial charge in [0, 0.05) is 6.54 Å². The Morgan fingerprint density at radius 1 is 1.13 bits per heavy atom. The summed E-state index contributed by atoms with van der Waals surface area (Å²) in [6.45, 7) is 12.1. The van der Waals surface area contributed by atoms with Crippen molar-refractivity contribution >= 4 is 5.91 Å². The highest BCUT2D eigenvalue weighted by molar-refractivity contribution is 5.77. The number of amides is 1. The molecule has 174 valence electrons. The maximum atomic E-state index is 12.9. The summed E-state index contributed by atoms with van der Waals surface area (Å²) in [5.74, 6) is -0.817. The van der Waals surface area contributed by atoms with E-state index in [4.69, 9.17) is 0 Å². The first kappa shape index (κ1) is 24.1. The minimum atomic E-state index is -4.47. The Hall–Kier alpha value is -1.56. The van der Waals surface area contributed by atoms with Gasteiger partial charge in [0.1, 0.15) is 6.42 Å². The van der Waals surface area contributed by atoms with Crippen molar-refractivity contribution in [3.63, 3.8) is 0 Å². The van der Waals surface area contributed by atoms with Crippen LogP contribution in [-0.4, -0.2) is 48.1 Å². The van der Waals surface area contributed by atoms with Crippen molar-refractivity contribution < 1.29 is 18.0 Å². The Morgan fingerprint density at radius 2 is 1.77 bits per heavy atom. The van der Waals surface area contributed by atoms with E-state index in [-0.39, 0.29) is 11.5 Å². The van der Waals surface area contributed by atoms with Crippen LogP contribution >= 0.6 is 0 Å². The third kappa shape index (κ3) is 5.82. The van der Waals surface area contributed by atoms with Crippen molar-refractivity contribution in [1.82, 2.24) is 9.80 Å². The second kappa shape index (κ2) is 9.13. The summed E-state index contributed by atoms with van der Waals surface area (Å²) in [6, 6.07) is 7.89. The molecule has 1 heterocycles. The second-order valence-electron chi connectivity index (χ2n) is 10.5. The molecule has 1 spiro atoms. The monoisotopic (exact) mass is 438 g/mol. The molecule has 3 rings (SSSR count). The minimum absolute atomic E-state index is 0.0812. The van der Waals surface area contributed by atoms with Crippen LogP contribution in [0.1, 0.15) is 83.4 Å². The van der Waals surface area contributed by atoms with Crippen LogP contribution in [0.15, 0.2) is 24.3 Å². The van der Waals surface area contributed by atoms with E-state index in [0.29, 0.717) is 12.0 Å². The van der Waals surface area contributed by atoms with Crippen molar-refractivity contribution in [2.45, 2.75) is 83.9 Å². The number of piperidine rings is 1. The molecular formula is C25H37F3N2O. The lowest BCUT2D eigenvalue weighted by molar-refractivity contribution is -0.163. The van der Waals surface area contributed by atoms with Crippen LogP contribution in [0.3, 0.4) is 0 Å². The van der Waals surface area contributed by atoms with Crippen LogP contribution in [0.5, 0.6) is 0 Å². The largest absolute Gasteiger partial charge is 0.397 e. The molecule has 0 radical (unpaired) electrons. The van der Waals surface area contributed by atoms with Crippen molar-refractivity contribution in [3.05, 3.63) is 35.4 Å². The van der Waals surface area contributed by atoms with Crippen molar-refractivity contribution in [1.29, 1.82) is 0 Å². The lowest BCUT2D eigenvalue weighted by Crippen LogP contribution is -2.47. The van der Waals surface area contributed by atoms with Crippen molar-refractivity contribution in [2.24, 2.45) is 5.41 Å². The van der Waals surface area contributed by atoms with E-state index < -0.39 is 18.5 Å². The van der Waals surface area contributed by atoms with E-state index >= 15 is 0 Å². The maximum Gasteiger partial charge on any atom is 0.397 e. The summed E-state index contributed by atoms with van der Waals surface area (Å²) in [5.41, 5.74) is 2.71. The van der Waals surface area contributed by atoms with Gasteiger partial charge in [-0.15, -0.1) is 0 Å². The van der Waals surface area contributed by atoms with Gasteiger partial charge < -0.3 is 9.80 Å². The first-order chi connectivity index (χ1) is 14.4. The fourth-order valence-electron chi connectivity index (χ4n) is 5.36. The molecule has 1 saturated heterocycles. The normalized spacial score (nSPS) is 21.7. The number of fused-ring (bicyclic) bond motifs is 2. The first-order valence-corrected chi connectivity index (χ1v) is 11.6. The topological polar surface area (TPSA) is 23.6 Å². The molecule has 1 aromatic rings. The zero-order valence-electron chi connectivity index (χ0n) is 19.4. The summed E-state index contributed by atoms with van der Waals surface area (Å²) < 4.78 is 38.6. The summed E-state index contributed by atoms with van der Waals surface area (Å²) in [7, 11) is 0. The molecule has 31 heavy (non-hydrogen) atoms. The van der Waals surface area contributed by atoms with Crippen LogP contribution in [-0.2, 0) is 10.2 Å². The van der Waals surface area contributed by atoms with E-state index in [2.05, 4.69) is 31.7 Å². The molecule has 1 aliphatic carbocycles. The Bertz CT molecular complexity index is 761. The van der Waals surface area contributed by atoms with Crippen LogP contribution in [0.4, 0.5) is 13.2 Å². The van der Waals surface area contributed by atoms with Crippen molar-refractivity contribution in [3.8, 4) is 0 Å². The van der Waals surface area contributed by atoms with Gasteiger partial charge in [-0.05, 0) is 80.6 Å². The van der Waals surface area contributed by atoms with E-state index in [0.717, 1.165) is 50.9 Å². The van der Waals surface area contributed by atoms with Gasteiger partial charge in [0.05, 0.1) is 6.04 Å². The van der Waals surface area contributed by atoms with Gasteiger partial charge >= 0.3 is 6.18 Å². The maximum absolute atomic E-state index is 12.9. The molecule has 1 amide bonds. The number of alkyl halides is 3. The van der Waals surface area contributed by atoms with E-state index in [9.17, 15) is 18.0 Å². The molecule has 1 fully saturated rings. The van der Waals surface area contributed by atoms with Gasteiger partial charge in [-0.3, -0.25) is 4.79 Å². The molecule has 6 heteroatoms. The van der Waals surface area contributed by atoms with Gasteiger partial charge in [-0.25, -0.2) is 0 Å². The quantitative estimate of drug-likeness (QED) is 0.555. The third-order valence-electron chi connectivity index (χ3n) is 7.17. The Labute approximate surface area is 185 Å². The van der Waals surface area contributed by atoms with Crippen LogP contribution < -0.4 is 0 Å². The van der Waals surface area contributed by atoms with Gasteiger partial charge in [0.25, 0.3) is 0 Å². The molecule has 2 aliphatic rings. The van der Waals surface area contributed by atoms with Gasteiger partial charge in [-0.1, -0.05) is 45.0 Å². The lowest BCUT2D eigenvalue weighted by Gasteiger charge is -2.49. The van der Waals surface area contributed by atoms with Gasteiger partial charge in [-0.2, -0.15) is 13.2 Å². The van der Waals surface area contributed by atoms with Gasteiger partial charge in [0.2, 0.25) is 5.91 Å². The molecule has 3 nitrogen and oxygen atoms in total. The average Bonchev–Trinajstić information content (AvgIpc) is 2.68. The number of rotatable bonds is 5. The van der Waals surface area contributed by atoms with Crippen LogP contribution in [0, 0.1) is 5.41 Å². The molecule has 0 unspecified atom stereocenters. The number of hydrogen-bond donors (Lipinski definition) is 0. The molecule has 0 bridgehead atoms. The van der Waals surface area contributed by atoms with Crippen molar-refractivity contribution in [2.75, 3.05) is 26.2 Å². The zero-order chi connectivity index (χ0) is 22.9. The highest BCUT2D eigenvalue weighted by Gasteiger charge is 2.44. The Morgan fingerprint density at radius 3 is 2.35 bits per heavy atom. The smallest absolute Gasteiger partial charge is 0.336 e. The molecule has 1 atom stereocenters. The second-order valence-corrected chi connectivity index (χ2v) is 10.5. The average molecular weight is 439 g/mol. The fraction of sp³-hybridized carbons (Fsp3) is 0.720. The fourth-order valence-corrected chi connectivity index (χ4v) is 5.36. The Balaban J connectivity index is 1.77. The predicted octanol–water partition coefficient (Wildman–Crippen LogP) is 6.09. The van der Waals surface area contributed by atoms with Crippen LogP contribution in [0.2, 0.25) is 0 Å². The molecule has 0 saturated carbocycles. The standard InChI is InChI=1S/C25H37F3N2O/c1-5-30(22(31)18-25(26,27)28)21-10-11-24(20-9-7-6-8-19(20)21)13-16-29(17-14-24)15-12-23(2,3)4/h6-9,21H,5,10-18H2,1-4H3/t21-/m0/s1. The SMILES string of the molecule is CCN(C(=O)CC(F)(F)F)[C@H]1CCC2(CCN(CCC(C)(C)C)CC2)c2ccccc21. The number of carbonyl (C=O) groups excluding carboxylic acids is 1. The predicted molar refractivity (Wildman–Crippen MR) is 118 cm³/mol. The number of likely N-dealkylation sites (tertiary alicyclic amines) is 1. The highest BCUT2D eigenvalue weighted by atomic mass is 19.4. The summed E-state index contributed by atoms with van der Waals surface area (Å²) >= 11 is 0. The first-order valence-electron chi connectivity index (χ1n) is 11.6. The summed E-state index contributed by atoms with van der Waals surface area (Å²) in [5, 5.41) is 0. The van der Waals surface area contributed by atoms with E-state index in [1.807, 2.05) is 18.2 Å². The van der Waals surface area contributed by atoms with Gasteiger partial charge in [0.15, 0.2) is 0 Å². The molecule has 1 aromatic carbocycles.